The number of rotatable bonds is 12. The number of aromatic amines is 1. The molecule has 11 nitrogen and oxygen atoms in total. The van der Waals surface area contributed by atoms with Crippen LogP contribution in [0.1, 0.15) is 51.4 Å². The van der Waals surface area contributed by atoms with Crippen LogP contribution in [0.4, 0.5) is 11.4 Å². The number of hydrogen-bond acceptors (Lipinski definition) is 8. The minimum Gasteiger partial charge on any atom is -0.495 e. The van der Waals surface area contributed by atoms with Gasteiger partial charge in [0, 0.05) is 38.8 Å². The van der Waals surface area contributed by atoms with Gasteiger partial charge in [0.15, 0.2) is 0 Å². The Balaban J connectivity index is 1.22. The zero-order valence-electron chi connectivity index (χ0n) is 27.7. The second-order valence-corrected chi connectivity index (χ2v) is 11.9. The van der Waals surface area contributed by atoms with Gasteiger partial charge >= 0.3 is 0 Å². The standard InChI is InChI=1S/C36H42N6O5/c1-24-12-15-31(33(21-24)47-20-7-6-9-27(23-43)42-18-16-40(3)17-19-42)41(4)36(45)26-13-14-29(32(22-26)46-5)39-35(44)28-10-8-11-30-34(28)38-25(2)37-30/h8,10-15,21-22H,6-7,9,16-20H2,1-5H3,(H,37,38)(H,39,44). The number of ether oxygens (including phenoxy) is 2. The van der Waals surface area contributed by atoms with Crippen molar-refractivity contribution in [2.24, 2.45) is 0 Å². The first-order valence-corrected chi connectivity index (χ1v) is 15.8. The molecule has 3 aromatic carbocycles. The van der Waals surface area contributed by atoms with Crippen molar-refractivity contribution in [2.45, 2.75) is 33.1 Å². The van der Waals surface area contributed by atoms with E-state index in [0.29, 0.717) is 58.4 Å². The van der Waals surface area contributed by atoms with Gasteiger partial charge in [-0.25, -0.2) is 9.78 Å². The van der Waals surface area contributed by atoms with E-state index in [9.17, 15) is 14.4 Å². The fourth-order valence-corrected chi connectivity index (χ4v) is 5.70. The molecule has 0 aliphatic carbocycles. The number of likely N-dealkylation sites (N-methyl/N-ethyl adjacent to an activating group) is 1. The number of nitrogens with zero attached hydrogens (tertiary/aromatic N) is 4. The van der Waals surface area contributed by atoms with Gasteiger partial charge in [0.05, 0.1) is 41.9 Å². The smallest absolute Gasteiger partial charge is 0.258 e. The molecule has 11 heteroatoms. The van der Waals surface area contributed by atoms with Crippen LogP contribution >= 0.6 is 0 Å². The Labute approximate surface area is 275 Å². The van der Waals surface area contributed by atoms with Gasteiger partial charge in [-0.1, -0.05) is 12.1 Å². The van der Waals surface area contributed by atoms with Gasteiger partial charge in [-0.2, -0.15) is 0 Å². The molecule has 0 radical (unpaired) electrons. The SMILES string of the molecule is COc1cc(C(=O)N(C)c2ccc(C)cc2OCCCCC(=C=O)N2CCN(C)CC2)ccc1NC(=O)c1cccc2[nH]c(C)nc12. The molecule has 1 saturated heterocycles. The Morgan fingerprint density at radius 1 is 1.02 bits per heavy atom. The lowest BCUT2D eigenvalue weighted by Gasteiger charge is -2.34. The predicted molar refractivity (Wildman–Crippen MR) is 183 cm³/mol. The number of aryl methyl sites for hydroxylation is 2. The van der Waals surface area contributed by atoms with Crippen LogP contribution in [0.2, 0.25) is 0 Å². The molecule has 1 fully saturated rings. The highest BCUT2D eigenvalue weighted by atomic mass is 16.5. The first-order chi connectivity index (χ1) is 22.7. The van der Waals surface area contributed by atoms with Gasteiger partial charge in [-0.3, -0.25) is 9.59 Å². The Hall–Kier alpha value is -5.12. The second kappa shape index (κ2) is 15.0. The fraction of sp³-hybridized carbons (Fsp3) is 0.361. The first-order valence-electron chi connectivity index (χ1n) is 15.8. The molecular weight excluding hydrogens is 596 g/mol. The van der Waals surface area contributed by atoms with E-state index in [4.69, 9.17) is 9.47 Å². The molecule has 1 aliphatic rings. The number of benzene rings is 3. The molecule has 0 spiro atoms. The third kappa shape index (κ3) is 7.82. The van der Waals surface area contributed by atoms with Gasteiger partial charge in [-0.15, -0.1) is 0 Å². The number of fused-ring (bicyclic) bond motifs is 1. The molecule has 2 heterocycles. The maximum atomic E-state index is 13.7. The van der Waals surface area contributed by atoms with Crippen LogP contribution in [0.5, 0.6) is 11.5 Å². The van der Waals surface area contributed by atoms with Gasteiger partial charge in [0.25, 0.3) is 11.8 Å². The Morgan fingerprint density at radius 3 is 2.55 bits per heavy atom. The zero-order chi connectivity index (χ0) is 33.5. The Kier molecular flexibility index (Phi) is 10.6. The number of aromatic nitrogens is 2. The lowest BCUT2D eigenvalue weighted by Crippen LogP contribution is -2.44. The number of methoxy groups -OCH3 is 1. The largest absolute Gasteiger partial charge is 0.495 e. The number of carbonyl (C=O) groups excluding carboxylic acids is 3. The summed E-state index contributed by atoms with van der Waals surface area (Å²) in [5.74, 6) is 3.21. The van der Waals surface area contributed by atoms with Crippen LogP contribution in [0.15, 0.2) is 60.3 Å². The molecule has 47 heavy (non-hydrogen) atoms. The quantitative estimate of drug-likeness (QED) is 0.160. The fourth-order valence-electron chi connectivity index (χ4n) is 5.70. The molecule has 1 aliphatic heterocycles. The van der Waals surface area contributed by atoms with Gasteiger partial charge in [-0.05, 0) is 88.2 Å². The number of hydrogen-bond donors (Lipinski definition) is 2. The lowest BCUT2D eigenvalue weighted by molar-refractivity contribution is 0.0990. The van der Waals surface area contributed by atoms with E-state index in [0.717, 1.165) is 55.8 Å². The number of carbonyl (C=O) groups is 2. The van der Waals surface area contributed by atoms with E-state index in [1.54, 1.807) is 42.3 Å². The molecule has 246 valence electrons. The zero-order valence-corrected chi connectivity index (χ0v) is 27.7. The first kappa shape index (κ1) is 33.2. The van der Waals surface area contributed by atoms with Crippen LogP contribution in [0.3, 0.4) is 0 Å². The predicted octanol–water partition coefficient (Wildman–Crippen LogP) is 5.23. The summed E-state index contributed by atoms with van der Waals surface area (Å²) in [7, 11) is 5.28. The van der Waals surface area contributed by atoms with Crippen LogP contribution in [0, 0.1) is 13.8 Å². The van der Waals surface area contributed by atoms with Crippen LogP contribution in [0.25, 0.3) is 11.0 Å². The van der Waals surface area contributed by atoms with E-state index in [2.05, 4.69) is 38.1 Å². The third-order valence-corrected chi connectivity index (χ3v) is 8.42. The van der Waals surface area contributed by atoms with Gasteiger partial charge in [0.1, 0.15) is 28.8 Å². The maximum Gasteiger partial charge on any atom is 0.258 e. The highest BCUT2D eigenvalue weighted by Crippen LogP contribution is 2.32. The van der Waals surface area contributed by atoms with E-state index in [-0.39, 0.29) is 11.8 Å². The second-order valence-electron chi connectivity index (χ2n) is 11.9. The molecule has 2 amide bonds. The van der Waals surface area contributed by atoms with Gasteiger partial charge < -0.3 is 34.5 Å². The lowest BCUT2D eigenvalue weighted by atomic mass is 10.1. The van der Waals surface area contributed by atoms with Crippen molar-refractivity contribution in [3.8, 4) is 11.5 Å². The maximum absolute atomic E-state index is 13.7. The summed E-state index contributed by atoms with van der Waals surface area (Å²) in [4.78, 5) is 52.0. The van der Waals surface area contributed by atoms with Crippen molar-refractivity contribution in [1.82, 2.24) is 19.8 Å². The number of H-pyrrole nitrogens is 1. The summed E-state index contributed by atoms with van der Waals surface area (Å²) in [6.45, 7) is 7.82. The van der Waals surface area contributed by atoms with Crippen LogP contribution in [-0.2, 0) is 4.79 Å². The van der Waals surface area contributed by atoms with Crippen LogP contribution in [-0.4, -0.2) is 91.5 Å². The molecule has 0 atom stereocenters. The molecule has 0 saturated carbocycles. The minimum atomic E-state index is -0.337. The van der Waals surface area contributed by atoms with Crippen LogP contribution < -0.4 is 19.7 Å². The summed E-state index contributed by atoms with van der Waals surface area (Å²) >= 11 is 0. The van der Waals surface area contributed by atoms with Crippen molar-refractivity contribution in [3.05, 3.63) is 82.8 Å². The van der Waals surface area contributed by atoms with E-state index >= 15 is 0 Å². The average molecular weight is 639 g/mol. The molecule has 2 N–H and O–H groups in total. The number of anilines is 2. The van der Waals surface area contributed by atoms with E-state index in [1.807, 2.05) is 38.1 Å². The molecule has 5 rings (SSSR count). The van der Waals surface area contributed by atoms with E-state index < -0.39 is 0 Å². The van der Waals surface area contributed by atoms with Crippen molar-refractivity contribution in [3.63, 3.8) is 0 Å². The summed E-state index contributed by atoms with van der Waals surface area (Å²) in [5, 5.41) is 2.90. The summed E-state index contributed by atoms with van der Waals surface area (Å²) in [6, 6.07) is 16.0. The number of nitrogens with one attached hydrogen (secondary N) is 2. The van der Waals surface area contributed by atoms with Crippen molar-refractivity contribution in [2.75, 3.05) is 64.2 Å². The summed E-state index contributed by atoms with van der Waals surface area (Å²) in [5.41, 5.74) is 4.97. The summed E-state index contributed by atoms with van der Waals surface area (Å²) in [6.07, 6.45) is 2.21. The number of amides is 2. The number of imidazole rings is 1. The Bertz CT molecular complexity index is 1800. The Morgan fingerprint density at radius 2 is 1.81 bits per heavy atom. The highest BCUT2D eigenvalue weighted by molar-refractivity contribution is 6.12. The normalized spacial score (nSPS) is 13.3. The van der Waals surface area contributed by atoms with Gasteiger partial charge in [0.2, 0.25) is 0 Å². The number of allylic oxidation sites excluding steroid dienone is 1. The monoisotopic (exact) mass is 638 g/mol. The van der Waals surface area contributed by atoms with E-state index in [1.165, 1.54) is 7.11 Å². The number of piperazine rings is 1. The van der Waals surface area contributed by atoms with Crippen molar-refractivity contribution in [1.29, 1.82) is 0 Å². The number of unbranched alkanes of at least 4 members (excludes halogenated alkanes) is 1. The molecule has 1 aromatic heterocycles. The number of para-hydroxylation sites is 1. The summed E-state index contributed by atoms with van der Waals surface area (Å²) < 4.78 is 11.8. The average Bonchev–Trinajstić information content (AvgIpc) is 3.46. The molecule has 0 unspecified atom stereocenters. The highest BCUT2D eigenvalue weighted by Gasteiger charge is 2.21. The topological polar surface area (TPSA) is 120 Å². The minimum absolute atomic E-state index is 0.264. The van der Waals surface area contributed by atoms with Crippen molar-refractivity contribution >= 4 is 40.2 Å². The molecular formula is C36H42N6O5. The molecule has 0 bridgehead atoms. The van der Waals surface area contributed by atoms with Crippen molar-refractivity contribution < 1.29 is 23.9 Å². The third-order valence-electron chi connectivity index (χ3n) is 8.42. The molecule has 4 aromatic rings.